The van der Waals surface area contributed by atoms with Gasteiger partial charge in [-0.1, -0.05) is 24.3 Å². The minimum Gasteiger partial charge on any atom is -0.483 e. The molecule has 0 atom stereocenters. The molecule has 0 spiro atoms. The standard InChI is InChI=1S/C22H23N3O2/c26-22(15-27-21-7-3-5-18-4-1-2-6-20(18)21)24-14-17-8-10-19(11-9-17)25-13-12-23-16-25/h3,5,7-13,16H,1-2,4,6,14-15H2,(H,24,26). The second-order valence-corrected chi connectivity index (χ2v) is 6.80. The average molecular weight is 361 g/mol. The molecule has 1 amide bonds. The summed E-state index contributed by atoms with van der Waals surface area (Å²) in [4.78, 5) is 16.2. The summed E-state index contributed by atoms with van der Waals surface area (Å²) in [5, 5.41) is 2.92. The highest BCUT2D eigenvalue weighted by Gasteiger charge is 2.14. The van der Waals surface area contributed by atoms with Crippen LogP contribution in [0.15, 0.2) is 61.2 Å². The van der Waals surface area contributed by atoms with Gasteiger partial charge in [-0.05, 0) is 60.6 Å². The summed E-state index contributed by atoms with van der Waals surface area (Å²) in [6.07, 6.45) is 9.97. The third-order valence-electron chi connectivity index (χ3n) is 4.94. The Hall–Kier alpha value is -3.08. The van der Waals surface area contributed by atoms with E-state index < -0.39 is 0 Å². The van der Waals surface area contributed by atoms with E-state index in [4.69, 9.17) is 4.74 Å². The molecule has 0 saturated carbocycles. The first kappa shape index (κ1) is 17.3. The molecule has 0 bridgehead atoms. The largest absolute Gasteiger partial charge is 0.483 e. The van der Waals surface area contributed by atoms with Gasteiger partial charge in [-0.25, -0.2) is 4.98 Å². The highest BCUT2D eigenvalue weighted by Crippen LogP contribution is 2.29. The van der Waals surface area contributed by atoms with Crippen molar-refractivity contribution in [1.82, 2.24) is 14.9 Å². The predicted molar refractivity (Wildman–Crippen MR) is 104 cm³/mol. The van der Waals surface area contributed by atoms with Crippen molar-refractivity contribution < 1.29 is 9.53 Å². The van der Waals surface area contributed by atoms with E-state index >= 15 is 0 Å². The number of rotatable bonds is 6. The summed E-state index contributed by atoms with van der Waals surface area (Å²) >= 11 is 0. The van der Waals surface area contributed by atoms with Crippen molar-refractivity contribution in [2.24, 2.45) is 0 Å². The quantitative estimate of drug-likeness (QED) is 0.732. The van der Waals surface area contributed by atoms with Crippen LogP contribution < -0.4 is 10.1 Å². The van der Waals surface area contributed by atoms with Gasteiger partial charge in [0.2, 0.25) is 0 Å². The Bertz CT molecular complexity index is 902. The zero-order valence-electron chi connectivity index (χ0n) is 15.2. The Morgan fingerprint density at radius 1 is 1.11 bits per heavy atom. The molecule has 0 saturated heterocycles. The van der Waals surface area contributed by atoms with Gasteiger partial charge >= 0.3 is 0 Å². The van der Waals surface area contributed by atoms with Crippen molar-refractivity contribution in [3.8, 4) is 11.4 Å². The lowest BCUT2D eigenvalue weighted by molar-refractivity contribution is -0.123. The molecule has 3 aromatic rings. The van der Waals surface area contributed by atoms with Gasteiger partial charge in [-0.2, -0.15) is 0 Å². The molecule has 1 aliphatic rings. The molecule has 1 N–H and O–H groups in total. The average Bonchev–Trinajstić information content (AvgIpc) is 3.26. The number of fused-ring (bicyclic) bond motifs is 1. The van der Waals surface area contributed by atoms with Gasteiger partial charge in [0.05, 0.1) is 6.33 Å². The first-order valence-corrected chi connectivity index (χ1v) is 9.37. The molecular weight excluding hydrogens is 338 g/mol. The van der Waals surface area contributed by atoms with E-state index in [1.165, 1.54) is 24.0 Å². The molecule has 4 rings (SSSR count). The van der Waals surface area contributed by atoms with E-state index in [9.17, 15) is 4.79 Å². The number of aromatic nitrogens is 2. The molecule has 1 aromatic heterocycles. The first-order valence-electron chi connectivity index (χ1n) is 9.37. The summed E-state index contributed by atoms with van der Waals surface area (Å²) in [7, 11) is 0. The summed E-state index contributed by atoms with van der Waals surface area (Å²) in [5.74, 6) is 0.745. The van der Waals surface area contributed by atoms with Gasteiger partial charge < -0.3 is 14.6 Å². The first-order chi connectivity index (χ1) is 13.3. The molecule has 27 heavy (non-hydrogen) atoms. The number of nitrogens with one attached hydrogen (secondary N) is 1. The molecule has 1 heterocycles. The van der Waals surface area contributed by atoms with Crippen LogP contribution >= 0.6 is 0 Å². The van der Waals surface area contributed by atoms with Crippen LogP contribution in [0.2, 0.25) is 0 Å². The van der Waals surface area contributed by atoms with Crippen molar-refractivity contribution in [2.45, 2.75) is 32.2 Å². The highest BCUT2D eigenvalue weighted by atomic mass is 16.5. The smallest absolute Gasteiger partial charge is 0.258 e. The lowest BCUT2D eigenvalue weighted by Crippen LogP contribution is -2.28. The van der Waals surface area contributed by atoms with Crippen LogP contribution in [0.1, 0.15) is 29.5 Å². The van der Waals surface area contributed by atoms with Crippen LogP contribution in [0, 0.1) is 0 Å². The van der Waals surface area contributed by atoms with E-state index in [1.807, 2.05) is 47.2 Å². The molecule has 2 aromatic carbocycles. The molecule has 5 heteroatoms. The summed E-state index contributed by atoms with van der Waals surface area (Å²) in [6, 6.07) is 14.2. The Morgan fingerprint density at radius 3 is 2.78 bits per heavy atom. The number of carbonyl (C=O) groups is 1. The SMILES string of the molecule is O=C(COc1cccc2c1CCCC2)NCc1ccc(-n2ccnc2)cc1. The minimum atomic E-state index is -0.109. The summed E-state index contributed by atoms with van der Waals surface area (Å²) in [5.41, 5.74) is 4.72. The highest BCUT2D eigenvalue weighted by molar-refractivity contribution is 5.77. The van der Waals surface area contributed by atoms with Crippen molar-refractivity contribution in [1.29, 1.82) is 0 Å². The number of nitrogens with zero attached hydrogens (tertiary/aromatic N) is 2. The molecule has 0 fully saturated rings. The van der Waals surface area contributed by atoms with Crippen molar-refractivity contribution >= 4 is 5.91 Å². The molecule has 0 aliphatic heterocycles. The number of carbonyl (C=O) groups excluding carboxylic acids is 1. The maximum absolute atomic E-state index is 12.2. The molecule has 138 valence electrons. The summed E-state index contributed by atoms with van der Waals surface area (Å²) in [6.45, 7) is 0.531. The number of amides is 1. The van der Waals surface area contributed by atoms with Crippen LogP contribution in [0.5, 0.6) is 5.75 Å². The van der Waals surface area contributed by atoms with E-state index in [0.717, 1.165) is 29.8 Å². The predicted octanol–water partition coefficient (Wildman–Crippen LogP) is 3.45. The molecule has 0 radical (unpaired) electrons. The lowest BCUT2D eigenvalue weighted by atomic mass is 9.91. The number of hydrogen-bond donors (Lipinski definition) is 1. The van der Waals surface area contributed by atoms with Gasteiger partial charge in [-0.3, -0.25) is 4.79 Å². The zero-order chi connectivity index (χ0) is 18.5. The number of hydrogen-bond acceptors (Lipinski definition) is 3. The van der Waals surface area contributed by atoms with E-state index in [-0.39, 0.29) is 12.5 Å². The maximum Gasteiger partial charge on any atom is 0.258 e. The van der Waals surface area contributed by atoms with Crippen LogP contribution in [0.25, 0.3) is 5.69 Å². The minimum absolute atomic E-state index is 0.0452. The second kappa shape index (κ2) is 8.08. The Labute approximate surface area is 159 Å². The molecule has 5 nitrogen and oxygen atoms in total. The van der Waals surface area contributed by atoms with Crippen molar-refractivity contribution in [3.63, 3.8) is 0 Å². The van der Waals surface area contributed by atoms with Crippen LogP contribution in [-0.4, -0.2) is 22.1 Å². The fourth-order valence-corrected chi connectivity index (χ4v) is 3.47. The lowest BCUT2D eigenvalue weighted by Gasteiger charge is -2.19. The third-order valence-corrected chi connectivity index (χ3v) is 4.94. The Balaban J connectivity index is 1.29. The topological polar surface area (TPSA) is 56.1 Å². The monoisotopic (exact) mass is 361 g/mol. The normalized spacial score (nSPS) is 13.0. The summed E-state index contributed by atoms with van der Waals surface area (Å²) < 4.78 is 7.74. The van der Waals surface area contributed by atoms with Gasteiger partial charge in [0, 0.05) is 24.6 Å². The van der Waals surface area contributed by atoms with Gasteiger partial charge in [0.1, 0.15) is 5.75 Å². The van der Waals surface area contributed by atoms with E-state index in [0.29, 0.717) is 6.54 Å². The molecular formula is C22H23N3O2. The fourth-order valence-electron chi connectivity index (χ4n) is 3.47. The zero-order valence-corrected chi connectivity index (χ0v) is 15.2. The van der Waals surface area contributed by atoms with Crippen molar-refractivity contribution in [2.75, 3.05) is 6.61 Å². The van der Waals surface area contributed by atoms with E-state index in [1.54, 1.807) is 12.5 Å². The van der Waals surface area contributed by atoms with Crippen LogP contribution in [0.4, 0.5) is 0 Å². The van der Waals surface area contributed by atoms with Crippen molar-refractivity contribution in [3.05, 3.63) is 77.9 Å². The maximum atomic E-state index is 12.2. The number of ether oxygens (including phenoxy) is 1. The third kappa shape index (κ3) is 4.19. The number of benzene rings is 2. The second-order valence-electron chi connectivity index (χ2n) is 6.80. The van der Waals surface area contributed by atoms with Gasteiger partial charge in [0.15, 0.2) is 6.61 Å². The number of aryl methyl sites for hydroxylation is 1. The van der Waals surface area contributed by atoms with E-state index in [2.05, 4.69) is 16.4 Å². The fraction of sp³-hybridized carbons (Fsp3) is 0.273. The Kier molecular flexibility index (Phi) is 5.19. The van der Waals surface area contributed by atoms with Gasteiger partial charge in [0.25, 0.3) is 5.91 Å². The van der Waals surface area contributed by atoms with Gasteiger partial charge in [-0.15, -0.1) is 0 Å². The van der Waals surface area contributed by atoms with Crippen LogP contribution in [0.3, 0.4) is 0 Å². The van der Waals surface area contributed by atoms with Crippen LogP contribution in [-0.2, 0) is 24.2 Å². The molecule has 1 aliphatic carbocycles. The molecule has 0 unspecified atom stereocenters. The Morgan fingerprint density at radius 2 is 1.96 bits per heavy atom. The number of imidazole rings is 1.